The Labute approximate surface area is 103 Å². The number of amides is 1. The molecule has 0 radical (unpaired) electrons. The molecule has 18 heavy (non-hydrogen) atoms. The van der Waals surface area contributed by atoms with E-state index in [1.807, 2.05) is 0 Å². The van der Waals surface area contributed by atoms with E-state index in [0.717, 1.165) is 5.56 Å². The number of hydrogen-bond acceptors (Lipinski definition) is 4. The molecule has 0 saturated carbocycles. The molecular formula is C11H12FN5O. The van der Waals surface area contributed by atoms with Crippen LogP contribution in [0.15, 0.2) is 24.5 Å². The number of benzene rings is 1. The van der Waals surface area contributed by atoms with Crippen molar-refractivity contribution < 1.29 is 9.18 Å². The number of nitrogens with zero attached hydrogens (tertiary/aromatic N) is 3. The maximum atomic E-state index is 13.0. The third kappa shape index (κ3) is 2.82. The van der Waals surface area contributed by atoms with Crippen LogP contribution in [-0.4, -0.2) is 20.7 Å². The number of nitrogen functional groups attached to an aromatic ring is 1. The summed E-state index contributed by atoms with van der Waals surface area (Å²) in [4.78, 5) is 15.4. The predicted molar refractivity (Wildman–Crippen MR) is 64.2 cm³/mol. The summed E-state index contributed by atoms with van der Waals surface area (Å²) in [6.45, 7) is 1.75. The molecule has 7 heteroatoms. The number of anilines is 2. The largest absolute Gasteiger partial charge is 0.367 e. The average molecular weight is 249 g/mol. The number of nitrogens with one attached hydrogen (secondary N) is 1. The number of aromatic nitrogens is 3. The highest BCUT2D eigenvalue weighted by Gasteiger charge is 2.07. The minimum atomic E-state index is -0.402. The lowest BCUT2D eigenvalue weighted by Gasteiger charge is -2.08. The highest BCUT2D eigenvalue weighted by atomic mass is 19.1. The molecule has 1 amide bonds. The number of hydrogen-bond donors (Lipinski definition) is 2. The molecule has 1 aromatic heterocycles. The maximum absolute atomic E-state index is 13.0. The second kappa shape index (κ2) is 4.82. The quantitative estimate of drug-likeness (QED) is 0.847. The van der Waals surface area contributed by atoms with Crippen LogP contribution in [0.4, 0.5) is 16.0 Å². The van der Waals surface area contributed by atoms with E-state index in [1.54, 1.807) is 13.0 Å². The van der Waals surface area contributed by atoms with Crippen molar-refractivity contribution in [2.45, 2.75) is 13.5 Å². The smallest absolute Gasteiger partial charge is 0.246 e. The molecule has 0 atom stereocenters. The Balaban J connectivity index is 2.05. The Bertz CT molecular complexity index is 581. The molecule has 2 rings (SSSR count). The third-order valence-corrected chi connectivity index (χ3v) is 2.33. The van der Waals surface area contributed by atoms with Gasteiger partial charge in [0.15, 0.2) is 0 Å². The first-order chi connectivity index (χ1) is 8.54. The van der Waals surface area contributed by atoms with Crippen molar-refractivity contribution in [3.8, 4) is 0 Å². The van der Waals surface area contributed by atoms with Gasteiger partial charge in [0.25, 0.3) is 0 Å². The molecule has 3 N–H and O–H groups in total. The van der Waals surface area contributed by atoms with Crippen LogP contribution in [0.5, 0.6) is 0 Å². The molecule has 1 heterocycles. The zero-order valence-corrected chi connectivity index (χ0v) is 9.72. The Kier molecular flexibility index (Phi) is 3.22. The van der Waals surface area contributed by atoms with Gasteiger partial charge in [-0.25, -0.2) is 14.1 Å². The molecule has 0 aliphatic carbocycles. The van der Waals surface area contributed by atoms with Crippen molar-refractivity contribution in [3.05, 3.63) is 35.9 Å². The van der Waals surface area contributed by atoms with Gasteiger partial charge in [0, 0.05) is 5.69 Å². The SMILES string of the molecule is Cc1ccc(F)cc1NC(=O)Cn1cnc(N)n1. The van der Waals surface area contributed by atoms with Crippen LogP contribution in [0.3, 0.4) is 0 Å². The van der Waals surface area contributed by atoms with Gasteiger partial charge in [-0.15, -0.1) is 5.10 Å². The Morgan fingerprint density at radius 2 is 2.33 bits per heavy atom. The van der Waals surface area contributed by atoms with Gasteiger partial charge in [0.2, 0.25) is 11.9 Å². The summed E-state index contributed by atoms with van der Waals surface area (Å²) in [5, 5.41) is 6.38. The first kappa shape index (κ1) is 12.0. The zero-order valence-electron chi connectivity index (χ0n) is 9.72. The molecule has 0 saturated heterocycles. The van der Waals surface area contributed by atoms with E-state index in [1.165, 1.54) is 23.1 Å². The van der Waals surface area contributed by atoms with Crippen molar-refractivity contribution >= 4 is 17.5 Å². The van der Waals surface area contributed by atoms with E-state index in [0.29, 0.717) is 5.69 Å². The van der Waals surface area contributed by atoms with E-state index >= 15 is 0 Å². The second-order valence-corrected chi connectivity index (χ2v) is 3.81. The van der Waals surface area contributed by atoms with Gasteiger partial charge in [-0.2, -0.15) is 0 Å². The van der Waals surface area contributed by atoms with E-state index < -0.39 is 5.82 Å². The van der Waals surface area contributed by atoms with Crippen LogP contribution in [0.2, 0.25) is 0 Å². The van der Waals surface area contributed by atoms with Gasteiger partial charge >= 0.3 is 0 Å². The molecule has 0 bridgehead atoms. The predicted octanol–water partition coefficient (Wildman–Crippen LogP) is 0.947. The highest BCUT2D eigenvalue weighted by Crippen LogP contribution is 2.15. The normalized spacial score (nSPS) is 10.3. The van der Waals surface area contributed by atoms with E-state index in [2.05, 4.69) is 15.4 Å². The average Bonchev–Trinajstić information content (AvgIpc) is 2.69. The molecule has 0 unspecified atom stereocenters. The van der Waals surface area contributed by atoms with Gasteiger partial charge < -0.3 is 11.1 Å². The summed E-state index contributed by atoms with van der Waals surface area (Å²) < 4.78 is 14.3. The molecular weight excluding hydrogens is 237 g/mol. The van der Waals surface area contributed by atoms with E-state index in [-0.39, 0.29) is 18.4 Å². The molecule has 6 nitrogen and oxygen atoms in total. The number of nitrogens with two attached hydrogens (primary N) is 1. The van der Waals surface area contributed by atoms with Gasteiger partial charge in [0.1, 0.15) is 18.7 Å². The molecule has 0 fully saturated rings. The highest BCUT2D eigenvalue weighted by molar-refractivity contribution is 5.91. The molecule has 2 aromatic rings. The molecule has 0 aliphatic rings. The summed E-state index contributed by atoms with van der Waals surface area (Å²) in [7, 11) is 0. The number of carbonyl (C=O) groups excluding carboxylic acids is 1. The van der Waals surface area contributed by atoms with Gasteiger partial charge in [-0.1, -0.05) is 6.07 Å². The number of carbonyl (C=O) groups is 1. The van der Waals surface area contributed by atoms with Gasteiger partial charge in [-0.05, 0) is 24.6 Å². The fourth-order valence-electron chi connectivity index (χ4n) is 1.45. The minimum absolute atomic E-state index is 0.0276. The maximum Gasteiger partial charge on any atom is 0.246 e. The summed E-state index contributed by atoms with van der Waals surface area (Å²) >= 11 is 0. The lowest BCUT2D eigenvalue weighted by molar-refractivity contribution is -0.116. The number of halogens is 1. The fourth-order valence-corrected chi connectivity index (χ4v) is 1.45. The van der Waals surface area contributed by atoms with Crippen LogP contribution in [-0.2, 0) is 11.3 Å². The van der Waals surface area contributed by atoms with Crippen molar-refractivity contribution in [3.63, 3.8) is 0 Å². The van der Waals surface area contributed by atoms with Crippen molar-refractivity contribution in [1.29, 1.82) is 0 Å². The Hall–Kier alpha value is -2.44. The molecule has 0 aliphatic heterocycles. The van der Waals surface area contributed by atoms with E-state index in [4.69, 9.17) is 5.73 Å². The molecule has 94 valence electrons. The van der Waals surface area contributed by atoms with Gasteiger partial charge in [-0.3, -0.25) is 4.79 Å². The number of rotatable bonds is 3. The zero-order chi connectivity index (χ0) is 13.1. The third-order valence-electron chi connectivity index (χ3n) is 2.33. The summed E-state index contributed by atoms with van der Waals surface area (Å²) in [5.41, 5.74) is 6.54. The first-order valence-electron chi connectivity index (χ1n) is 5.25. The lowest BCUT2D eigenvalue weighted by Crippen LogP contribution is -2.19. The molecule has 0 spiro atoms. The van der Waals surface area contributed by atoms with Crippen LogP contribution < -0.4 is 11.1 Å². The van der Waals surface area contributed by atoms with Crippen molar-refractivity contribution in [2.24, 2.45) is 0 Å². The summed E-state index contributed by atoms with van der Waals surface area (Å²) in [6, 6.07) is 4.20. The van der Waals surface area contributed by atoms with Crippen LogP contribution in [0.25, 0.3) is 0 Å². The van der Waals surface area contributed by atoms with Crippen molar-refractivity contribution in [2.75, 3.05) is 11.1 Å². The second-order valence-electron chi connectivity index (χ2n) is 3.81. The standard InChI is InChI=1S/C11H12FN5O/c1-7-2-3-8(12)4-9(7)15-10(18)5-17-6-14-11(13)16-17/h2-4,6H,5H2,1H3,(H2,13,16)(H,15,18). The summed E-state index contributed by atoms with van der Waals surface area (Å²) in [6.07, 6.45) is 1.35. The Morgan fingerprint density at radius 1 is 1.56 bits per heavy atom. The van der Waals surface area contributed by atoms with E-state index in [9.17, 15) is 9.18 Å². The fraction of sp³-hybridized carbons (Fsp3) is 0.182. The Morgan fingerprint density at radius 3 is 3.00 bits per heavy atom. The monoisotopic (exact) mass is 249 g/mol. The van der Waals surface area contributed by atoms with Crippen LogP contribution >= 0.6 is 0 Å². The molecule has 1 aromatic carbocycles. The van der Waals surface area contributed by atoms with Crippen molar-refractivity contribution in [1.82, 2.24) is 14.8 Å². The first-order valence-corrected chi connectivity index (χ1v) is 5.25. The number of aryl methyl sites for hydroxylation is 1. The van der Waals surface area contributed by atoms with Gasteiger partial charge in [0.05, 0.1) is 0 Å². The van der Waals surface area contributed by atoms with Crippen LogP contribution in [0, 0.1) is 12.7 Å². The topological polar surface area (TPSA) is 85.8 Å². The minimum Gasteiger partial charge on any atom is -0.367 e. The van der Waals surface area contributed by atoms with Crippen LogP contribution in [0.1, 0.15) is 5.56 Å². The lowest BCUT2D eigenvalue weighted by atomic mass is 10.2. The summed E-state index contributed by atoms with van der Waals surface area (Å²) in [5.74, 6) is -0.626.